The molecule has 0 aliphatic rings. The molecule has 0 radical (unpaired) electrons. The van der Waals surface area contributed by atoms with E-state index in [2.05, 4.69) is 17.9 Å². The second-order valence-electron chi connectivity index (χ2n) is 7.30. The summed E-state index contributed by atoms with van der Waals surface area (Å²) < 4.78 is 12.1. The Morgan fingerprint density at radius 1 is 1.13 bits per heavy atom. The number of thioether (sulfide) groups is 1. The molecule has 0 saturated carbocycles. The van der Waals surface area contributed by atoms with Crippen molar-refractivity contribution in [3.8, 4) is 17.6 Å². The quantitative estimate of drug-likeness (QED) is 0.497. The Labute approximate surface area is 181 Å². The highest BCUT2D eigenvalue weighted by atomic mass is 32.2. The van der Waals surface area contributed by atoms with E-state index in [9.17, 15) is 4.79 Å². The fourth-order valence-corrected chi connectivity index (χ4v) is 3.64. The largest absolute Gasteiger partial charge is 0.488 e. The van der Waals surface area contributed by atoms with Crippen LogP contribution < -0.4 is 4.74 Å². The molecule has 0 amide bonds. The lowest BCUT2D eigenvalue weighted by molar-refractivity contribution is -0.136. The topological polar surface area (TPSA) is 59.7 Å². The number of carbonyl (C=O) groups is 1. The zero-order valence-electron chi connectivity index (χ0n) is 17.8. The van der Waals surface area contributed by atoms with Crippen molar-refractivity contribution in [2.75, 3.05) is 12.0 Å². The van der Waals surface area contributed by atoms with Crippen LogP contribution in [0.3, 0.4) is 0 Å². The molecule has 1 N–H and O–H groups in total. The molecule has 0 atom stereocenters. The minimum absolute atomic E-state index is 0.126. The van der Waals surface area contributed by atoms with Gasteiger partial charge in [-0.2, -0.15) is 11.8 Å². The van der Waals surface area contributed by atoms with Crippen LogP contribution in [0.5, 0.6) is 5.75 Å². The molecule has 30 heavy (non-hydrogen) atoms. The van der Waals surface area contributed by atoms with Gasteiger partial charge in [-0.25, -0.2) is 0 Å². The van der Waals surface area contributed by atoms with Crippen LogP contribution in [0.25, 0.3) is 11.0 Å². The molecule has 3 rings (SSSR count). The Balaban J connectivity index is 1.85. The summed E-state index contributed by atoms with van der Waals surface area (Å²) in [5, 5.41) is 9.96. The standard InChI is InChI=1S/C25H26O4S/c1-16-12-21-13-19(6-5-11-30-4)14-22(25(21)29-16)15-28-23-9-7-20(8-10-24(26)27)17(2)18(23)3/h7,9,12-14H,8,10-11,15H2,1-4H3,(H,26,27). The van der Waals surface area contributed by atoms with Crippen molar-refractivity contribution >= 4 is 28.7 Å². The van der Waals surface area contributed by atoms with Gasteiger partial charge in [-0.1, -0.05) is 17.9 Å². The van der Waals surface area contributed by atoms with Gasteiger partial charge < -0.3 is 14.3 Å². The molecular weight excluding hydrogens is 396 g/mol. The van der Waals surface area contributed by atoms with E-state index in [4.69, 9.17) is 14.3 Å². The zero-order chi connectivity index (χ0) is 21.7. The Morgan fingerprint density at radius 2 is 1.93 bits per heavy atom. The highest BCUT2D eigenvalue weighted by Crippen LogP contribution is 2.29. The van der Waals surface area contributed by atoms with Crippen LogP contribution in [0.15, 0.2) is 34.7 Å². The number of hydrogen-bond acceptors (Lipinski definition) is 4. The number of carboxylic acids is 1. The average molecular weight is 423 g/mol. The first kappa shape index (κ1) is 21.9. The first-order valence-electron chi connectivity index (χ1n) is 9.83. The van der Waals surface area contributed by atoms with Crippen LogP contribution in [0.2, 0.25) is 0 Å². The molecule has 0 saturated heterocycles. The number of benzene rings is 2. The lowest BCUT2D eigenvalue weighted by Crippen LogP contribution is -2.03. The molecule has 3 aromatic rings. The number of aryl methyl sites for hydroxylation is 2. The Bertz CT molecular complexity index is 1130. The van der Waals surface area contributed by atoms with Gasteiger partial charge in [-0.15, -0.1) is 0 Å². The highest BCUT2D eigenvalue weighted by molar-refractivity contribution is 7.98. The van der Waals surface area contributed by atoms with Crippen LogP contribution in [-0.4, -0.2) is 23.1 Å². The molecule has 1 aromatic heterocycles. The Hall–Kier alpha value is -2.84. The molecule has 0 spiro atoms. The van der Waals surface area contributed by atoms with Crippen molar-refractivity contribution in [2.45, 2.75) is 40.2 Å². The minimum atomic E-state index is -0.786. The van der Waals surface area contributed by atoms with Gasteiger partial charge in [0.1, 0.15) is 23.7 Å². The van der Waals surface area contributed by atoms with E-state index in [-0.39, 0.29) is 6.42 Å². The average Bonchev–Trinajstić information content (AvgIpc) is 3.08. The zero-order valence-corrected chi connectivity index (χ0v) is 18.6. The monoisotopic (exact) mass is 422 g/mol. The van der Waals surface area contributed by atoms with Crippen molar-refractivity contribution in [1.82, 2.24) is 0 Å². The summed E-state index contributed by atoms with van der Waals surface area (Å²) in [5.74, 6) is 8.04. The number of ether oxygens (including phenoxy) is 1. The van der Waals surface area contributed by atoms with E-state index in [1.54, 1.807) is 11.8 Å². The maximum atomic E-state index is 10.9. The molecule has 1 heterocycles. The molecular formula is C25H26O4S. The van der Waals surface area contributed by atoms with E-state index in [0.717, 1.165) is 56.0 Å². The predicted octanol–water partition coefficient (Wildman–Crippen LogP) is 5.67. The van der Waals surface area contributed by atoms with Crippen molar-refractivity contribution < 1.29 is 19.1 Å². The van der Waals surface area contributed by atoms with Crippen molar-refractivity contribution in [3.05, 3.63) is 63.9 Å². The summed E-state index contributed by atoms with van der Waals surface area (Å²) in [6.07, 6.45) is 2.68. The van der Waals surface area contributed by atoms with Gasteiger partial charge in [0.05, 0.1) is 5.75 Å². The Kier molecular flexibility index (Phi) is 7.12. The van der Waals surface area contributed by atoms with Gasteiger partial charge in [-0.05, 0) is 74.4 Å². The van der Waals surface area contributed by atoms with Crippen LogP contribution in [-0.2, 0) is 17.8 Å². The molecule has 2 aromatic carbocycles. The smallest absolute Gasteiger partial charge is 0.303 e. The normalized spacial score (nSPS) is 10.7. The molecule has 0 bridgehead atoms. The lowest BCUT2D eigenvalue weighted by Gasteiger charge is -2.14. The number of carboxylic acid groups (broad SMARTS) is 1. The molecule has 0 unspecified atom stereocenters. The molecule has 0 aliphatic heterocycles. The summed E-state index contributed by atoms with van der Waals surface area (Å²) in [7, 11) is 0. The summed E-state index contributed by atoms with van der Waals surface area (Å²) in [5.41, 5.74) is 5.88. The summed E-state index contributed by atoms with van der Waals surface area (Å²) >= 11 is 1.70. The van der Waals surface area contributed by atoms with E-state index in [0.29, 0.717) is 13.0 Å². The molecule has 5 heteroatoms. The van der Waals surface area contributed by atoms with Crippen LogP contribution in [0, 0.1) is 32.6 Å². The van der Waals surface area contributed by atoms with E-state index in [1.807, 2.05) is 51.3 Å². The molecule has 156 valence electrons. The van der Waals surface area contributed by atoms with E-state index >= 15 is 0 Å². The molecule has 0 aliphatic carbocycles. The third kappa shape index (κ3) is 5.20. The third-order valence-corrected chi connectivity index (χ3v) is 5.54. The van der Waals surface area contributed by atoms with Crippen molar-refractivity contribution in [2.24, 2.45) is 0 Å². The summed E-state index contributed by atoms with van der Waals surface area (Å²) in [6.45, 7) is 6.32. The fraction of sp³-hybridized carbons (Fsp3) is 0.320. The van der Waals surface area contributed by atoms with Gasteiger partial charge in [-0.3, -0.25) is 4.79 Å². The van der Waals surface area contributed by atoms with Gasteiger partial charge in [0.2, 0.25) is 0 Å². The molecule has 4 nitrogen and oxygen atoms in total. The second kappa shape index (κ2) is 9.77. The maximum absolute atomic E-state index is 10.9. The maximum Gasteiger partial charge on any atom is 0.303 e. The second-order valence-corrected chi connectivity index (χ2v) is 8.17. The number of rotatable bonds is 7. The highest BCUT2D eigenvalue weighted by Gasteiger charge is 2.12. The van der Waals surface area contributed by atoms with Gasteiger partial charge >= 0.3 is 5.97 Å². The number of aliphatic carboxylic acids is 1. The predicted molar refractivity (Wildman–Crippen MR) is 122 cm³/mol. The van der Waals surface area contributed by atoms with E-state index < -0.39 is 5.97 Å². The van der Waals surface area contributed by atoms with E-state index in [1.165, 1.54) is 0 Å². The number of furan rings is 1. The van der Waals surface area contributed by atoms with Crippen LogP contribution >= 0.6 is 11.8 Å². The van der Waals surface area contributed by atoms with Crippen molar-refractivity contribution in [3.63, 3.8) is 0 Å². The lowest BCUT2D eigenvalue weighted by atomic mass is 9.99. The van der Waals surface area contributed by atoms with Crippen LogP contribution in [0.4, 0.5) is 0 Å². The van der Waals surface area contributed by atoms with Gasteiger partial charge in [0.15, 0.2) is 0 Å². The van der Waals surface area contributed by atoms with Gasteiger partial charge in [0.25, 0.3) is 0 Å². The first-order chi connectivity index (χ1) is 14.4. The molecule has 0 fully saturated rings. The summed E-state index contributed by atoms with van der Waals surface area (Å²) in [6, 6.07) is 9.98. The number of fused-ring (bicyclic) bond motifs is 1. The first-order valence-corrected chi connectivity index (χ1v) is 11.2. The fourth-order valence-electron chi connectivity index (χ4n) is 3.42. The summed E-state index contributed by atoms with van der Waals surface area (Å²) in [4.78, 5) is 10.9. The third-order valence-electron chi connectivity index (χ3n) is 5.11. The van der Waals surface area contributed by atoms with Crippen LogP contribution in [0.1, 0.15) is 40.0 Å². The van der Waals surface area contributed by atoms with Crippen molar-refractivity contribution in [1.29, 1.82) is 0 Å². The number of hydrogen-bond donors (Lipinski definition) is 1. The van der Waals surface area contributed by atoms with Gasteiger partial charge in [0, 0.05) is 22.9 Å². The minimum Gasteiger partial charge on any atom is -0.488 e. The Morgan fingerprint density at radius 3 is 2.67 bits per heavy atom. The SMILES string of the molecule is CSCC#Cc1cc(COc2ccc(CCC(=O)O)c(C)c2C)c2oc(C)cc2c1.